The number of nitrogens with one attached hydrogen (secondary N) is 1. The Kier molecular flexibility index (Phi) is 4.00. The second-order valence-electron chi connectivity index (χ2n) is 7.07. The molecule has 6 heteroatoms. The Hall–Kier alpha value is -1.58. The van der Waals surface area contributed by atoms with Crippen LogP contribution in [-0.2, 0) is 0 Å². The van der Waals surface area contributed by atoms with E-state index >= 15 is 0 Å². The Morgan fingerprint density at radius 3 is 3.13 bits per heavy atom. The van der Waals surface area contributed by atoms with Crippen LogP contribution in [0.2, 0.25) is 0 Å². The van der Waals surface area contributed by atoms with Crippen molar-refractivity contribution < 1.29 is 0 Å². The molecule has 1 N–H and O–H groups in total. The quantitative estimate of drug-likeness (QED) is 0.840. The first-order valence-electron chi connectivity index (χ1n) is 8.90. The van der Waals surface area contributed by atoms with Crippen molar-refractivity contribution in [1.82, 2.24) is 20.0 Å². The molecule has 0 aromatic carbocycles. The van der Waals surface area contributed by atoms with E-state index in [-0.39, 0.29) is 0 Å². The number of likely N-dealkylation sites (N-methyl/N-ethyl adjacent to an activating group) is 1. The van der Waals surface area contributed by atoms with E-state index in [1.807, 2.05) is 6.34 Å². The lowest BCUT2D eigenvalue weighted by atomic mass is 9.96. The summed E-state index contributed by atoms with van der Waals surface area (Å²) in [5.41, 5.74) is 1.46. The first-order valence-corrected chi connectivity index (χ1v) is 8.90. The molecule has 3 unspecified atom stereocenters. The monoisotopic (exact) mass is 314 g/mol. The van der Waals surface area contributed by atoms with Gasteiger partial charge in [-0.25, -0.2) is 4.99 Å². The second kappa shape index (κ2) is 6.14. The number of aliphatic imine (C=N–C) groups is 1. The van der Waals surface area contributed by atoms with Crippen molar-refractivity contribution in [3.63, 3.8) is 0 Å². The zero-order chi connectivity index (χ0) is 15.8. The van der Waals surface area contributed by atoms with E-state index in [1.165, 1.54) is 30.7 Å². The van der Waals surface area contributed by atoms with Crippen LogP contribution in [0.4, 0.5) is 0 Å². The van der Waals surface area contributed by atoms with E-state index in [4.69, 9.17) is 10.3 Å². The van der Waals surface area contributed by atoms with Gasteiger partial charge in [0, 0.05) is 50.8 Å². The summed E-state index contributed by atoms with van der Waals surface area (Å²) < 4.78 is 0. The molecule has 4 heterocycles. The van der Waals surface area contributed by atoms with Gasteiger partial charge in [0.25, 0.3) is 0 Å². The Morgan fingerprint density at radius 1 is 1.35 bits per heavy atom. The van der Waals surface area contributed by atoms with E-state index in [9.17, 15) is 0 Å². The molecule has 0 radical (unpaired) electrons. The molecule has 0 saturated carbocycles. The highest BCUT2D eigenvalue weighted by molar-refractivity contribution is 5.61. The number of likely N-dealkylation sites (tertiary alicyclic amines) is 2. The third kappa shape index (κ3) is 2.52. The van der Waals surface area contributed by atoms with Crippen LogP contribution in [0.3, 0.4) is 0 Å². The molecular weight excluding hydrogens is 288 g/mol. The van der Waals surface area contributed by atoms with Crippen molar-refractivity contribution >= 4 is 6.34 Å². The molecule has 4 aliphatic rings. The fourth-order valence-electron chi connectivity index (χ4n) is 4.80. The molecule has 23 heavy (non-hydrogen) atoms. The molecule has 124 valence electrons. The second-order valence-corrected chi connectivity index (χ2v) is 7.07. The highest BCUT2D eigenvalue weighted by atomic mass is 15.4. The van der Waals surface area contributed by atoms with E-state index in [0.717, 1.165) is 32.6 Å². The predicted molar refractivity (Wildman–Crippen MR) is 89.6 cm³/mol. The summed E-state index contributed by atoms with van der Waals surface area (Å²) in [5, 5.41) is 12.5. The summed E-state index contributed by atoms with van der Waals surface area (Å²) in [6.45, 7) is 4.23. The largest absolute Gasteiger partial charge is 0.352 e. The molecule has 0 spiro atoms. The standard InChI is InChI=1S/C17H26N6/c1-21-12-20-17(13-5-8-19-16(13)21)23-11-6-14-15(23)4-2-9-22(14)10-3-7-18/h12,14-16,19H,2-6,8-11H2,1H3. The summed E-state index contributed by atoms with van der Waals surface area (Å²) in [6, 6.07) is 3.48. The maximum atomic E-state index is 8.90. The molecule has 0 aromatic rings. The predicted octanol–water partition coefficient (Wildman–Crippen LogP) is 0.943. The van der Waals surface area contributed by atoms with Crippen LogP contribution >= 0.6 is 0 Å². The molecular formula is C17H26N6. The lowest BCUT2D eigenvalue weighted by Crippen LogP contribution is -2.50. The Labute approximate surface area is 138 Å². The third-order valence-corrected chi connectivity index (χ3v) is 5.83. The minimum Gasteiger partial charge on any atom is -0.352 e. The van der Waals surface area contributed by atoms with Crippen molar-refractivity contribution in [3.05, 3.63) is 11.4 Å². The van der Waals surface area contributed by atoms with Crippen molar-refractivity contribution in [2.45, 2.75) is 50.4 Å². The Bertz CT molecular complexity index is 562. The maximum Gasteiger partial charge on any atom is 0.133 e. The number of fused-ring (bicyclic) bond motifs is 2. The summed E-state index contributed by atoms with van der Waals surface area (Å²) in [6.07, 6.45) is 7.76. The molecule has 0 aliphatic carbocycles. The van der Waals surface area contributed by atoms with Crippen molar-refractivity contribution in [2.24, 2.45) is 4.99 Å². The first kappa shape index (κ1) is 15.0. The van der Waals surface area contributed by atoms with Crippen LogP contribution in [0.5, 0.6) is 0 Å². The van der Waals surface area contributed by atoms with Gasteiger partial charge in [0.05, 0.1) is 12.4 Å². The van der Waals surface area contributed by atoms with Gasteiger partial charge in [-0.1, -0.05) is 0 Å². The van der Waals surface area contributed by atoms with Gasteiger partial charge < -0.3 is 9.80 Å². The van der Waals surface area contributed by atoms with Crippen molar-refractivity contribution in [3.8, 4) is 6.07 Å². The van der Waals surface area contributed by atoms with Gasteiger partial charge in [-0.2, -0.15) is 5.26 Å². The van der Waals surface area contributed by atoms with E-state index in [2.05, 4.69) is 33.1 Å². The Balaban J connectivity index is 1.56. The molecule has 4 rings (SSSR count). The van der Waals surface area contributed by atoms with Crippen molar-refractivity contribution in [2.75, 3.05) is 33.2 Å². The van der Waals surface area contributed by atoms with Crippen LogP contribution < -0.4 is 5.32 Å². The molecule has 3 saturated heterocycles. The highest BCUT2D eigenvalue weighted by Crippen LogP contribution is 2.37. The van der Waals surface area contributed by atoms with Crippen LogP contribution in [0, 0.1) is 11.3 Å². The van der Waals surface area contributed by atoms with Gasteiger partial charge >= 0.3 is 0 Å². The zero-order valence-corrected chi connectivity index (χ0v) is 13.9. The molecule has 0 amide bonds. The molecule has 4 aliphatic heterocycles. The minimum atomic E-state index is 0.333. The summed E-state index contributed by atoms with van der Waals surface area (Å²) in [5.74, 6) is 1.23. The number of hydrogen-bond acceptors (Lipinski definition) is 6. The van der Waals surface area contributed by atoms with E-state index < -0.39 is 0 Å². The topological polar surface area (TPSA) is 57.9 Å². The first-order chi connectivity index (χ1) is 11.3. The lowest BCUT2D eigenvalue weighted by Gasteiger charge is -2.41. The maximum absolute atomic E-state index is 8.90. The minimum absolute atomic E-state index is 0.333. The van der Waals surface area contributed by atoms with E-state index in [0.29, 0.717) is 24.7 Å². The fourth-order valence-corrected chi connectivity index (χ4v) is 4.80. The zero-order valence-electron chi connectivity index (χ0n) is 13.9. The van der Waals surface area contributed by atoms with Crippen molar-refractivity contribution in [1.29, 1.82) is 5.26 Å². The molecule has 3 atom stereocenters. The summed E-state index contributed by atoms with van der Waals surface area (Å²) >= 11 is 0. The average Bonchev–Trinajstić information content (AvgIpc) is 3.21. The summed E-state index contributed by atoms with van der Waals surface area (Å²) in [4.78, 5) is 12.1. The lowest BCUT2D eigenvalue weighted by molar-refractivity contribution is 0.108. The van der Waals surface area contributed by atoms with E-state index in [1.54, 1.807) is 0 Å². The van der Waals surface area contributed by atoms with Gasteiger partial charge in [-0.3, -0.25) is 10.2 Å². The number of nitrogens with zero attached hydrogens (tertiary/aromatic N) is 5. The molecule has 0 bridgehead atoms. The third-order valence-electron chi connectivity index (χ3n) is 5.83. The number of piperidine rings is 1. The molecule has 6 nitrogen and oxygen atoms in total. The van der Waals surface area contributed by atoms with Crippen LogP contribution in [0.15, 0.2) is 16.4 Å². The normalized spacial score (nSPS) is 33.8. The van der Waals surface area contributed by atoms with Crippen LogP contribution in [0.25, 0.3) is 0 Å². The van der Waals surface area contributed by atoms with Crippen LogP contribution in [-0.4, -0.2) is 72.5 Å². The number of nitriles is 1. The SMILES string of the molecule is CN1C=NC(N2CCC3C2CCCN3CCC#N)=C2CCNC21. The smallest absolute Gasteiger partial charge is 0.133 e. The fraction of sp³-hybridized carbons (Fsp3) is 0.765. The molecule has 3 fully saturated rings. The van der Waals surface area contributed by atoms with Gasteiger partial charge in [0.2, 0.25) is 0 Å². The van der Waals surface area contributed by atoms with Gasteiger partial charge in [-0.05, 0) is 32.2 Å². The van der Waals surface area contributed by atoms with Crippen LogP contribution in [0.1, 0.15) is 32.1 Å². The highest BCUT2D eigenvalue weighted by Gasteiger charge is 2.43. The summed E-state index contributed by atoms with van der Waals surface area (Å²) in [7, 11) is 2.10. The molecule has 0 aromatic heterocycles. The Morgan fingerprint density at radius 2 is 2.26 bits per heavy atom. The number of rotatable bonds is 3. The number of hydrogen-bond donors (Lipinski definition) is 1. The van der Waals surface area contributed by atoms with Gasteiger partial charge in [0.15, 0.2) is 0 Å². The van der Waals surface area contributed by atoms with Gasteiger partial charge in [0.1, 0.15) is 12.0 Å². The van der Waals surface area contributed by atoms with Gasteiger partial charge in [-0.15, -0.1) is 0 Å². The average molecular weight is 314 g/mol.